The molecule has 0 aliphatic rings. The molecule has 90 valence electrons. The van der Waals surface area contributed by atoms with Gasteiger partial charge in [0.15, 0.2) is 0 Å². The Morgan fingerprint density at radius 3 is 2.71 bits per heavy atom. The lowest BCUT2D eigenvalue weighted by Gasteiger charge is -2.06. The van der Waals surface area contributed by atoms with Crippen molar-refractivity contribution in [3.05, 3.63) is 18.2 Å². The van der Waals surface area contributed by atoms with Crippen molar-refractivity contribution < 1.29 is 4.74 Å². The largest absolute Gasteiger partial charge is 0.404 e. The minimum absolute atomic E-state index is 0.178. The second-order valence-electron chi connectivity index (χ2n) is 3.95. The zero-order valence-electron chi connectivity index (χ0n) is 9.95. The van der Waals surface area contributed by atoms with Gasteiger partial charge in [-0.15, -0.1) is 5.10 Å². The molecule has 0 fully saturated rings. The molecule has 0 radical (unpaired) electrons. The molecule has 0 amide bonds. The van der Waals surface area contributed by atoms with Crippen molar-refractivity contribution >= 4 is 5.82 Å². The number of nitrogens with zero attached hydrogens (tertiary/aromatic N) is 5. The van der Waals surface area contributed by atoms with Crippen molar-refractivity contribution in [3.63, 3.8) is 0 Å². The molecule has 2 N–H and O–H groups in total. The molecule has 17 heavy (non-hydrogen) atoms. The smallest absolute Gasteiger partial charge is 0.342 e. The van der Waals surface area contributed by atoms with E-state index in [1.165, 1.54) is 0 Å². The van der Waals surface area contributed by atoms with Crippen molar-refractivity contribution in [1.82, 2.24) is 24.7 Å². The van der Waals surface area contributed by atoms with Crippen molar-refractivity contribution in [2.24, 2.45) is 7.05 Å². The van der Waals surface area contributed by atoms with Gasteiger partial charge in [0.25, 0.3) is 0 Å². The van der Waals surface area contributed by atoms with Crippen LogP contribution in [0.3, 0.4) is 0 Å². The molecule has 0 aliphatic heterocycles. The Balaban J connectivity index is 2.26. The number of aryl methyl sites for hydroxylation is 1. The second kappa shape index (κ2) is 4.36. The van der Waals surface area contributed by atoms with Gasteiger partial charge < -0.3 is 10.5 Å². The van der Waals surface area contributed by atoms with Gasteiger partial charge in [-0.25, -0.2) is 4.98 Å². The Kier molecular flexibility index (Phi) is 2.90. The van der Waals surface area contributed by atoms with E-state index in [9.17, 15) is 0 Å². The molecule has 0 aromatic carbocycles. The van der Waals surface area contributed by atoms with Gasteiger partial charge in [-0.1, -0.05) is 13.8 Å². The summed E-state index contributed by atoms with van der Waals surface area (Å²) < 4.78 is 6.94. The zero-order chi connectivity index (χ0) is 12.4. The minimum atomic E-state index is 0.178. The van der Waals surface area contributed by atoms with E-state index in [4.69, 9.17) is 10.5 Å². The van der Waals surface area contributed by atoms with Gasteiger partial charge in [0, 0.05) is 19.0 Å². The van der Waals surface area contributed by atoms with Crippen LogP contribution in [0.15, 0.2) is 12.4 Å². The number of aromatic nitrogens is 5. The van der Waals surface area contributed by atoms with Crippen molar-refractivity contribution in [2.45, 2.75) is 19.8 Å². The highest BCUT2D eigenvalue weighted by molar-refractivity contribution is 5.34. The molecule has 0 bridgehead atoms. The van der Waals surface area contributed by atoms with Gasteiger partial charge >= 0.3 is 6.01 Å². The monoisotopic (exact) mass is 234 g/mol. The molecule has 0 saturated heterocycles. The number of ether oxygens (including phenoxy) is 1. The van der Waals surface area contributed by atoms with Crippen LogP contribution in [-0.4, -0.2) is 24.7 Å². The van der Waals surface area contributed by atoms with E-state index < -0.39 is 0 Å². The highest BCUT2D eigenvalue weighted by Crippen LogP contribution is 2.19. The summed E-state index contributed by atoms with van der Waals surface area (Å²) in [7, 11) is 1.76. The van der Waals surface area contributed by atoms with E-state index >= 15 is 0 Å². The molecular formula is C10H14N6O. The Morgan fingerprint density at radius 1 is 1.35 bits per heavy atom. The lowest BCUT2D eigenvalue weighted by Crippen LogP contribution is -2.03. The van der Waals surface area contributed by atoms with E-state index in [0.717, 1.165) is 0 Å². The highest BCUT2D eigenvalue weighted by atomic mass is 16.5. The summed E-state index contributed by atoms with van der Waals surface area (Å²) in [5.41, 5.74) is 5.68. The number of nitrogens with two attached hydrogens (primary N) is 1. The number of hydrogen-bond donors (Lipinski definition) is 1. The summed E-state index contributed by atoms with van der Waals surface area (Å²) >= 11 is 0. The van der Waals surface area contributed by atoms with Gasteiger partial charge in [0.1, 0.15) is 18.0 Å². The van der Waals surface area contributed by atoms with Crippen LogP contribution in [0.5, 0.6) is 11.9 Å². The third-order valence-electron chi connectivity index (χ3n) is 2.03. The molecule has 2 aromatic rings. The van der Waals surface area contributed by atoms with Crippen LogP contribution >= 0.6 is 0 Å². The lowest BCUT2D eigenvalue weighted by atomic mass is 10.2. The first-order valence-corrected chi connectivity index (χ1v) is 5.22. The predicted octanol–water partition coefficient (Wildman–Crippen LogP) is 1.10. The molecule has 0 atom stereocenters. The van der Waals surface area contributed by atoms with Crippen molar-refractivity contribution in [3.8, 4) is 11.9 Å². The molecule has 7 nitrogen and oxygen atoms in total. The zero-order valence-corrected chi connectivity index (χ0v) is 9.95. The minimum Gasteiger partial charge on any atom is -0.404 e. The molecule has 0 spiro atoms. The van der Waals surface area contributed by atoms with E-state index in [2.05, 4.69) is 20.1 Å². The SMILES string of the molecule is CC(C)c1nc(N)cc(Oc2ncn(C)n2)n1. The summed E-state index contributed by atoms with van der Waals surface area (Å²) in [6.45, 7) is 3.97. The standard InChI is InChI=1S/C10H14N6O/c1-6(2)9-13-7(11)4-8(14-9)17-10-12-5-16(3)15-10/h4-6H,1-3H3,(H2,11,13,14). The number of hydrogen-bond acceptors (Lipinski definition) is 6. The first-order valence-electron chi connectivity index (χ1n) is 5.22. The fraction of sp³-hybridized carbons (Fsp3) is 0.400. The maximum atomic E-state index is 5.68. The second-order valence-corrected chi connectivity index (χ2v) is 3.95. The molecule has 7 heteroatoms. The predicted molar refractivity (Wildman–Crippen MR) is 61.6 cm³/mol. The number of rotatable bonds is 3. The third-order valence-corrected chi connectivity index (χ3v) is 2.03. The highest BCUT2D eigenvalue weighted by Gasteiger charge is 2.09. The van der Waals surface area contributed by atoms with Gasteiger partial charge in [-0.05, 0) is 0 Å². The Labute approximate surface area is 98.7 Å². The van der Waals surface area contributed by atoms with Crippen molar-refractivity contribution in [2.75, 3.05) is 5.73 Å². The van der Waals surface area contributed by atoms with Gasteiger partial charge in [-0.2, -0.15) is 9.97 Å². The molecule has 0 saturated carbocycles. The van der Waals surface area contributed by atoms with Crippen molar-refractivity contribution in [1.29, 1.82) is 0 Å². The molecule has 2 aromatic heterocycles. The van der Waals surface area contributed by atoms with Crippen LogP contribution < -0.4 is 10.5 Å². The number of nitrogen functional groups attached to an aromatic ring is 1. The van der Waals surface area contributed by atoms with Crippen LogP contribution in [0.1, 0.15) is 25.6 Å². The Bertz CT molecular complexity index is 521. The summed E-state index contributed by atoms with van der Waals surface area (Å²) in [5, 5.41) is 3.99. The van der Waals surface area contributed by atoms with Crippen LogP contribution in [0.2, 0.25) is 0 Å². The van der Waals surface area contributed by atoms with Gasteiger partial charge in [0.05, 0.1) is 0 Å². The van der Waals surface area contributed by atoms with E-state index in [1.54, 1.807) is 24.1 Å². The summed E-state index contributed by atoms with van der Waals surface area (Å²) in [6, 6.07) is 1.78. The van der Waals surface area contributed by atoms with Crippen LogP contribution in [0, 0.1) is 0 Å². The van der Waals surface area contributed by atoms with E-state index in [-0.39, 0.29) is 11.9 Å². The molecular weight excluding hydrogens is 220 g/mol. The molecule has 0 aliphatic carbocycles. The fourth-order valence-electron chi connectivity index (χ4n) is 1.23. The first-order chi connectivity index (χ1) is 8.04. The summed E-state index contributed by atoms with van der Waals surface area (Å²) in [6.07, 6.45) is 1.54. The average molecular weight is 234 g/mol. The maximum absolute atomic E-state index is 5.68. The topological polar surface area (TPSA) is 91.7 Å². The fourth-order valence-corrected chi connectivity index (χ4v) is 1.23. The van der Waals surface area contributed by atoms with Gasteiger partial charge in [0.2, 0.25) is 5.88 Å². The quantitative estimate of drug-likeness (QED) is 0.855. The first kappa shape index (κ1) is 11.3. The number of anilines is 1. The average Bonchev–Trinajstić information content (AvgIpc) is 2.63. The Hall–Kier alpha value is -2.18. The molecule has 2 heterocycles. The summed E-state index contributed by atoms with van der Waals surface area (Å²) in [4.78, 5) is 12.3. The van der Waals surface area contributed by atoms with Gasteiger partial charge in [-0.3, -0.25) is 4.68 Å². The lowest BCUT2D eigenvalue weighted by molar-refractivity contribution is 0.418. The third kappa shape index (κ3) is 2.68. The van der Waals surface area contributed by atoms with Crippen LogP contribution in [0.4, 0.5) is 5.82 Å². The van der Waals surface area contributed by atoms with Crippen LogP contribution in [0.25, 0.3) is 0 Å². The van der Waals surface area contributed by atoms with E-state index in [1.807, 2.05) is 13.8 Å². The normalized spacial score (nSPS) is 10.8. The molecule has 0 unspecified atom stereocenters. The summed E-state index contributed by atoms with van der Waals surface area (Å²) in [5.74, 6) is 1.54. The van der Waals surface area contributed by atoms with E-state index in [0.29, 0.717) is 17.5 Å². The molecule has 2 rings (SSSR count). The van der Waals surface area contributed by atoms with Crippen LogP contribution in [-0.2, 0) is 7.05 Å². The Morgan fingerprint density at radius 2 is 2.12 bits per heavy atom. The maximum Gasteiger partial charge on any atom is 0.342 e.